The van der Waals surface area contributed by atoms with E-state index in [0.717, 1.165) is 5.69 Å². The second kappa shape index (κ2) is 6.39. The zero-order valence-electron chi connectivity index (χ0n) is 12.0. The fourth-order valence-electron chi connectivity index (χ4n) is 2.76. The molecule has 0 amide bonds. The minimum atomic E-state index is 0.444. The first kappa shape index (κ1) is 14.3. The molecule has 1 aliphatic carbocycles. The molecule has 1 aromatic carbocycles. The lowest BCUT2D eigenvalue weighted by atomic mass is 9.96. The predicted molar refractivity (Wildman–Crippen MR) is 84.5 cm³/mol. The highest BCUT2D eigenvalue weighted by Crippen LogP contribution is 2.28. The Kier molecular flexibility index (Phi) is 4.34. The summed E-state index contributed by atoms with van der Waals surface area (Å²) in [6.45, 7) is 0.444. The van der Waals surface area contributed by atoms with Gasteiger partial charge in [-0.1, -0.05) is 30.9 Å². The Balaban J connectivity index is 1.60. The highest BCUT2D eigenvalue weighted by Gasteiger charge is 2.16. The van der Waals surface area contributed by atoms with Gasteiger partial charge in [0.25, 0.3) is 0 Å². The Morgan fingerprint density at radius 1 is 1.24 bits per heavy atom. The average Bonchev–Trinajstić information content (AvgIpc) is 2.98. The van der Waals surface area contributed by atoms with Crippen LogP contribution in [0.2, 0.25) is 5.02 Å². The summed E-state index contributed by atoms with van der Waals surface area (Å²) in [5, 5.41) is 5.14. The third-order valence-corrected chi connectivity index (χ3v) is 4.30. The highest BCUT2D eigenvalue weighted by molar-refractivity contribution is 6.33. The van der Waals surface area contributed by atoms with Gasteiger partial charge in [-0.2, -0.15) is 5.10 Å². The van der Waals surface area contributed by atoms with Crippen molar-refractivity contribution >= 4 is 17.3 Å². The fourth-order valence-corrected chi connectivity index (χ4v) is 2.93. The summed E-state index contributed by atoms with van der Waals surface area (Å²) in [6.07, 6.45) is 8.49. The molecule has 112 valence electrons. The van der Waals surface area contributed by atoms with Gasteiger partial charge in [0, 0.05) is 12.3 Å². The van der Waals surface area contributed by atoms with E-state index < -0.39 is 0 Å². The van der Waals surface area contributed by atoms with Crippen LogP contribution in [-0.2, 0) is 6.61 Å². The van der Waals surface area contributed by atoms with Crippen LogP contribution in [0.25, 0.3) is 0 Å². The first-order valence-electron chi connectivity index (χ1n) is 7.44. The Labute approximate surface area is 129 Å². The molecule has 21 heavy (non-hydrogen) atoms. The normalized spacial score (nSPS) is 16.0. The van der Waals surface area contributed by atoms with Gasteiger partial charge in [0.15, 0.2) is 0 Å². The summed E-state index contributed by atoms with van der Waals surface area (Å²) in [5.74, 6) is 0.710. The van der Waals surface area contributed by atoms with Crippen LogP contribution in [0.1, 0.15) is 43.8 Å². The summed E-state index contributed by atoms with van der Waals surface area (Å²) in [5.41, 5.74) is 7.18. The van der Waals surface area contributed by atoms with Crippen LogP contribution in [0, 0.1) is 0 Å². The number of halogens is 1. The van der Waals surface area contributed by atoms with Crippen molar-refractivity contribution in [2.24, 2.45) is 0 Å². The SMILES string of the molecule is Nc1ccc(OCc2ccn(C3CCCCC3)n2)cc1Cl. The average molecular weight is 306 g/mol. The lowest BCUT2D eigenvalue weighted by Crippen LogP contribution is -2.13. The first-order chi connectivity index (χ1) is 10.2. The quantitative estimate of drug-likeness (QED) is 0.861. The highest BCUT2D eigenvalue weighted by atomic mass is 35.5. The lowest BCUT2D eigenvalue weighted by molar-refractivity contribution is 0.291. The largest absolute Gasteiger partial charge is 0.487 e. The fraction of sp³-hybridized carbons (Fsp3) is 0.438. The van der Waals surface area contributed by atoms with E-state index >= 15 is 0 Å². The van der Waals surface area contributed by atoms with Crippen LogP contribution in [0.4, 0.5) is 5.69 Å². The number of aromatic nitrogens is 2. The van der Waals surface area contributed by atoms with Crippen molar-refractivity contribution in [2.45, 2.75) is 44.8 Å². The number of hydrogen-bond acceptors (Lipinski definition) is 3. The molecule has 5 heteroatoms. The van der Waals surface area contributed by atoms with Crippen molar-refractivity contribution in [1.29, 1.82) is 0 Å². The number of rotatable bonds is 4. The van der Waals surface area contributed by atoms with E-state index in [1.807, 2.05) is 12.1 Å². The zero-order chi connectivity index (χ0) is 14.7. The molecule has 3 rings (SSSR count). The Morgan fingerprint density at radius 2 is 2.05 bits per heavy atom. The summed E-state index contributed by atoms with van der Waals surface area (Å²) >= 11 is 5.98. The van der Waals surface area contributed by atoms with Crippen molar-refractivity contribution < 1.29 is 4.74 Å². The molecular formula is C16H20ClN3O. The van der Waals surface area contributed by atoms with Crippen LogP contribution in [-0.4, -0.2) is 9.78 Å². The van der Waals surface area contributed by atoms with Crippen molar-refractivity contribution in [1.82, 2.24) is 9.78 Å². The number of nitrogens with two attached hydrogens (primary N) is 1. The maximum absolute atomic E-state index is 5.98. The van der Waals surface area contributed by atoms with Gasteiger partial charge in [0.2, 0.25) is 0 Å². The molecule has 0 spiro atoms. The molecule has 2 N–H and O–H groups in total. The molecule has 0 saturated heterocycles. The van der Waals surface area contributed by atoms with E-state index in [1.165, 1.54) is 32.1 Å². The standard InChI is InChI=1S/C16H20ClN3O/c17-15-10-14(6-7-16(15)18)21-11-12-8-9-20(19-12)13-4-2-1-3-5-13/h6-10,13H,1-5,11,18H2. The molecule has 2 aromatic rings. The number of hydrogen-bond donors (Lipinski definition) is 1. The monoisotopic (exact) mass is 305 g/mol. The van der Waals surface area contributed by atoms with Crippen LogP contribution in [0.3, 0.4) is 0 Å². The minimum absolute atomic E-state index is 0.444. The van der Waals surface area contributed by atoms with E-state index in [9.17, 15) is 0 Å². The molecule has 1 aromatic heterocycles. The van der Waals surface area contributed by atoms with Crippen molar-refractivity contribution in [3.05, 3.63) is 41.2 Å². The van der Waals surface area contributed by atoms with E-state index in [-0.39, 0.29) is 0 Å². The molecule has 0 atom stereocenters. The number of ether oxygens (including phenoxy) is 1. The number of anilines is 1. The van der Waals surface area contributed by atoms with Gasteiger partial charge < -0.3 is 10.5 Å². The zero-order valence-corrected chi connectivity index (χ0v) is 12.7. The topological polar surface area (TPSA) is 53.1 Å². The van der Waals surface area contributed by atoms with Gasteiger partial charge in [0.05, 0.1) is 22.4 Å². The Hall–Kier alpha value is -1.68. The van der Waals surface area contributed by atoms with Gasteiger partial charge in [-0.05, 0) is 31.0 Å². The van der Waals surface area contributed by atoms with E-state index in [2.05, 4.69) is 16.0 Å². The number of nitrogens with zero attached hydrogens (tertiary/aromatic N) is 2. The number of nitrogen functional groups attached to an aromatic ring is 1. The molecule has 4 nitrogen and oxygen atoms in total. The second-order valence-electron chi connectivity index (χ2n) is 5.55. The second-order valence-corrected chi connectivity index (χ2v) is 5.96. The van der Waals surface area contributed by atoms with Crippen LogP contribution in [0.5, 0.6) is 5.75 Å². The minimum Gasteiger partial charge on any atom is -0.487 e. The molecule has 1 saturated carbocycles. The number of benzene rings is 1. The maximum atomic E-state index is 5.98. The predicted octanol–water partition coefficient (Wildman–Crippen LogP) is 4.20. The van der Waals surface area contributed by atoms with Crippen LogP contribution < -0.4 is 10.5 Å². The van der Waals surface area contributed by atoms with E-state index in [1.54, 1.807) is 12.1 Å². The van der Waals surface area contributed by atoms with Gasteiger partial charge in [0.1, 0.15) is 12.4 Å². The summed E-state index contributed by atoms with van der Waals surface area (Å²) in [6, 6.07) is 7.87. The van der Waals surface area contributed by atoms with Crippen molar-refractivity contribution in [3.63, 3.8) is 0 Å². The van der Waals surface area contributed by atoms with Crippen LogP contribution in [0.15, 0.2) is 30.5 Å². The summed E-state index contributed by atoms with van der Waals surface area (Å²) in [4.78, 5) is 0. The van der Waals surface area contributed by atoms with Gasteiger partial charge >= 0.3 is 0 Å². The molecule has 0 aliphatic heterocycles. The van der Waals surface area contributed by atoms with Gasteiger partial charge in [-0.15, -0.1) is 0 Å². The molecule has 1 heterocycles. The van der Waals surface area contributed by atoms with Crippen molar-refractivity contribution in [3.8, 4) is 5.75 Å². The summed E-state index contributed by atoms with van der Waals surface area (Å²) in [7, 11) is 0. The lowest BCUT2D eigenvalue weighted by Gasteiger charge is -2.21. The Morgan fingerprint density at radius 3 is 2.81 bits per heavy atom. The third-order valence-electron chi connectivity index (χ3n) is 3.97. The molecule has 0 radical (unpaired) electrons. The molecule has 1 fully saturated rings. The smallest absolute Gasteiger partial charge is 0.132 e. The summed E-state index contributed by atoms with van der Waals surface area (Å²) < 4.78 is 7.80. The van der Waals surface area contributed by atoms with Gasteiger partial charge in [-0.3, -0.25) is 4.68 Å². The van der Waals surface area contributed by atoms with Crippen molar-refractivity contribution in [2.75, 3.05) is 5.73 Å². The van der Waals surface area contributed by atoms with Crippen LogP contribution >= 0.6 is 11.6 Å². The molecular weight excluding hydrogens is 286 g/mol. The molecule has 0 bridgehead atoms. The molecule has 0 unspecified atom stereocenters. The van der Waals surface area contributed by atoms with Gasteiger partial charge in [-0.25, -0.2) is 0 Å². The van der Waals surface area contributed by atoms with E-state index in [0.29, 0.717) is 29.1 Å². The maximum Gasteiger partial charge on any atom is 0.132 e. The van der Waals surface area contributed by atoms with E-state index in [4.69, 9.17) is 22.1 Å². The Bertz CT molecular complexity index is 605. The first-order valence-corrected chi connectivity index (χ1v) is 7.82. The third kappa shape index (κ3) is 3.50. The molecule has 1 aliphatic rings.